The molecule has 0 saturated carbocycles. The van der Waals surface area contributed by atoms with Crippen molar-refractivity contribution in [1.29, 1.82) is 5.26 Å². The molecule has 3 aromatic rings. The van der Waals surface area contributed by atoms with Gasteiger partial charge in [0.1, 0.15) is 11.8 Å². The molecule has 0 fully saturated rings. The largest absolute Gasteiger partial charge is 0.593 e. The normalized spacial score (nSPS) is 11.7. The highest BCUT2D eigenvalue weighted by molar-refractivity contribution is 7.89. The summed E-state index contributed by atoms with van der Waals surface area (Å²) in [5, 5.41) is 20.9. The van der Waals surface area contributed by atoms with Crippen LogP contribution in [0, 0.1) is 23.0 Å². The van der Waals surface area contributed by atoms with Crippen LogP contribution in [0.1, 0.15) is 11.1 Å². The summed E-state index contributed by atoms with van der Waals surface area (Å²) in [4.78, 5) is 12.3. The van der Waals surface area contributed by atoms with E-state index >= 15 is 0 Å². The van der Waals surface area contributed by atoms with Crippen LogP contribution in [0.15, 0.2) is 53.7 Å². The van der Waals surface area contributed by atoms with E-state index in [4.69, 9.17) is 10.4 Å². The van der Waals surface area contributed by atoms with Crippen LogP contribution in [0.4, 0.5) is 14.5 Å². The molecule has 3 rings (SSSR count). The van der Waals surface area contributed by atoms with Gasteiger partial charge in [0.2, 0.25) is 10.8 Å². The van der Waals surface area contributed by atoms with Gasteiger partial charge in [0.15, 0.2) is 11.6 Å². The highest BCUT2D eigenvalue weighted by atomic mass is 32.2. The number of anilines is 1. The molecule has 2 aromatic carbocycles. The maximum atomic E-state index is 13.7. The third-order valence-electron chi connectivity index (χ3n) is 3.80. The first-order chi connectivity index (χ1) is 13.4. The number of nitriles is 1. The van der Waals surface area contributed by atoms with E-state index in [1.165, 1.54) is 47.4 Å². The van der Waals surface area contributed by atoms with Crippen molar-refractivity contribution >= 4 is 23.0 Å². The molecule has 1 aromatic heterocycles. The Morgan fingerprint density at radius 1 is 1.36 bits per heavy atom. The summed E-state index contributed by atoms with van der Waals surface area (Å²) < 4.78 is 40.2. The maximum absolute atomic E-state index is 13.7. The Morgan fingerprint density at radius 3 is 2.82 bits per heavy atom. The molecule has 1 heterocycles. The van der Waals surface area contributed by atoms with Gasteiger partial charge in [-0.2, -0.15) is 10.4 Å². The zero-order valence-electron chi connectivity index (χ0n) is 14.2. The fraction of sp³-hybridized carbons (Fsp3) is 0.0556. The van der Waals surface area contributed by atoms with Gasteiger partial charge in [0.05, 0.1) is 29.5 Å². The van der Waals surface area contributed by atoms with Crippen molar-refractivity contribution in [3.63, 3.8) is 0 Å². The molecular weight excluding hydrogens is 388 g/mol. The van der Waals surface area contributed by atoms with Gasteiger partial charge < -0.3 is 9.87 Å². The first kappa shape index (κ1) is 19.5. The van der Waals surface area contributed by atoms with Gasteiger partial charge in [-0.1, -0.05) is 12.1 Å². The number of nitrogens with one attached hydrogen (secondary N) is 1. The summed E-state index contributed by atoms with van der Waals surface area (Å²) in [6.45, 7) is 0. The van der Waals surface area contributed by atoms with Crippen LogP contribution in [0.3, 0.4) is 0 Å². The minimum atomic E-state index is -1.91. The molecule has 142 valence electrons. The van der Waals surface area contributed by atoms with Gasteiger partial charge in [0, 0.05) is 23.5 Å². The number of aromatic nitrogens is 2. The van der Waals surface area contributed by atoms with Gasteiger partial charge in [-0.15, -0.1) is 5.14 Å². The molecule has 0 aliphatic rings. The topological polar surface area (TPSA) is 120 Å². The Kier molecular flexibility index (Phi) is 5.70. The number of nitrogens with zero attached hydrogens (tertiary/aromatic N) is 3. The highest BCUT2D eigenvalue weighted by Crippen LogP contribution is 2.23. The van der Waals surface area contributed by atoms with Crippen molar-refractivity contribution in [2.75, 3.05) is 5.32 Å². The smallest absolute Gasteiger partial charge is 0.228 e. The molecule has 1 unspecified atom stereocenters. The highest BCUT2D eigenvalue weighted by Gasteiger charge is 2.18. The summed E-state index contributed by atoms with van der Waals surface area (Å²) in [6.07, 6.45) is 2.40. The van der Waals surface area contributed by atoms with Gasteiger partial charge in [-0.3, -0.25) is 4.79 Å². The van der Waals surface area contributed by atoms with Crippen LogP contribution in [0.25, 0.3) is 5.69 Å². The van der Waals surface area contributed by atoms with Crippen LogP contribution in [-0.2, 0) is 22.6 Å². The number of carbonyl (C=O) groups excluding carboxylic acids is 1. The molecular formula is C18H13F2N5O2S. The second-order valence-electron chi connectivity index (χ2n) is 5.70. The van der Waals surface area contributed by atoms with Crippen molar-refractivity contribution in [2.45, 2.75) is 11.3 Å². The zero-order valence-corrected chi connectivity index (χ0v) is 15.0. The lowest BCUT2D eigenvalue weighted by atomic mass is 10.1. The molecule has 0 bridgehead atoms. The molecule has 28 heavy (non-hydrogen) atoms. The molecule has 7 nitrogen and oxygen atoms in total. The van der Waals surface area contributed by atoms with Gasteiger partial charge in [0.25, 0.3) is 0 Å². The third kappa shape index (κ3) is 4.17. The number of halogens is 2. The lowest BCUT2D eigenvalue weighted by molar-refractivity contribution is -0.115. The van der Waals surface area contributed by atoms with Crippen molar-refractivity contribution < 1.29 is 18.1 Å². The number of benzene rings is 2. The van der Waals surface area contributed by atoms with E-state index in [-0.39, 0.29) is 22.6 Å². The summed E-state index contributed by atoms with van der Waals surface area (Å²) in [5.41, 5.74) is 0.865. The first-order valence-electron chi connectivity index (χ1n) is 7.87. The monoisotopic (exact) mass is 401 g/mol. The molecule has 0 radical (unpaired) electrons. The number of nitrogens with two attached hydrogens (primary N) is 1. The Morgan fingerprint density at radius 2 is 2.14 bits per heavy atom. The quantitative estimate of drug-likeness (QED) is 0.635. The molecule has 3 N–H and O–H groups in total. The summed E-state index contributed by atoms with van der Waals surface area (Å²) in [6, 6.07) is 9.94. The van der Waals surface area contributed by atoms with Gasteiger partial charge in [-0.25, -0.2) is 13.5 Å². The number of carbonyl (C=O) groups is 1. The van der Waals surface area contributed by atoms with E-state index in [2.05, 4.69) is 10.4 Å². The predicted molar refractivity (Wildman–Crippen MR) is 97.6 cm³/mol. The molecule has 1 amide bonds. The van der Waals surface area contributed by atoms with Crippen LogP contribution < -0.4 is 10.5 Å². The van der Waals surface area contributed by atoms with Crippen molar-refractivity contribution in [1.82, 2.24) is 9.78 Å². The Balaban J connectivity index is 1.83. The average molecular weight is 401 g/mol. The van der Waals surface area contributed by atoms with E-state index in [0.717, 1.165) is 6.07 Å². The Labute approximate surface area is 161 Å². The summed E-state index contributed by atoms with van der Waals surface area (Å²) >= 11 is -1.91. The lowest BCUT2D eigenvalue weighted by Gasteiger charge is -2.12. The molecule has 1 atom stereocenters. The minimum absolute atomic E-state index is 0.0858. The van der Waals surface area contributed by atoms with Crippen LogP contribution >= 0.6 is 0 Å². The fourth-order valence-corrected chi connectivity index (χ4v) is 3.13. The summed E-state index contributed by atoms with van der Waals surface area (Å²) in [5.74, 6) is -2.70. The van der Waals surface area contributed by atoms with E-state index in [9.17, 15) is 18.1 Å². The van der Waals surface area contributed by atoms with Gasteiger partial charge in [-0.05, 0) is 18.2 Å². The summed E-state index contributed by atoms with van der Waals surface area (Å²) in [7, 11) is 0. The first-order valence-corrected chi connectivity index (χ1v) is 9.08. The zero-order chi connectivity index (χ0) is 20.3. The molecule has 0 saturated heterocycles. The fourth-order valence-electron chi connectivity index (χ4n) is 2.52. The van der Waals surface area contributed by atoms with Gasteiger partial charge >= 0.3 is 0 Å². The number of hydrogen-bond acceptors (Lipinski definition) is 5. The van der Waals surface area contributed by atoms with Crippen LogP contribution in [-0.4, -0.2) is 20.2 Å². The SMILES string of the molecule is N#Cc1cnn(-c2ccc(NC(=O)Cc3cccc(F)c3F)cc2[S+](N)[O-])c1. The average Bonchev–Trinajstić information content (AvgIpc) is 3.14. The second-order valence-corrected chi connectivity index (χ2v) is 6.74. The molecule has 0 aliphatic heterocycles. The second kappa shape index (κ2) is 8.18. The molecule has 10 heteroatoms. The Hall–Kier alpha value is -3.26. The van der Waals surface area contributed by atoms with Crippen molar-refractivity contribution in [2.24, 2.45) is 5.14 Å². The standard InChI is InChI=1S/C18H13F2N5O2S/c19-14-3-1-2-12(18(14)20)6-17(26)24-13-4-5-15(16(7-13)28(22)27)25-10-11(8-21)9-23-25/h1-5,7,9-10H,6,22H2,(H,24,26). The number of amides is 1. The third-order valence-corrected chi connectivity index (χ3v) is 4.56. The minimum Gasteiger partial charge on any atom is -0.593 e. The van der Waals surface area contributed by atoms with E-state index in [0.29, 0.717) is 11.3 Å². The van der Waals surface area contributed by atoms with E-state index < -0.39 is 28.9 Å². The van der Waals surface area contributed by atoms with Crippen molar-refractivity contribution in [3.8, 4) is 11.8 Å². The van der Waals surface area contributed by atoms with Crippen LogP contribution in [0.5, 0.6) is 0 Å². The number of hydrogen-bond donors (Lipinski definition) is 2. The molecule has 0 spiro atoms. The maximum Gasteiger partial charge on any atom is 0.228 e. The Bertz CT molecular complexity index is 1080. The van der Waals surface area contributed by atoms with E-state index in [1.54, 1.807) is 0 Å². The molecule has 0 aliphatic carbocycles. The van der Waals surface area contributed by atoms with Crippen molar-refractivity contribution in [3.05, 3.63) is 71.6 Å². The van der Waals surface area contributed by atoms with Crippen LogP contribution in [0.2, 0.25) is 0 Å². The predicted octanol–water partition coefficient (Wildman–Crippen LogP) is 2.18. The lowest BCUT2D eigenvalue weighted by Crippen LogP contribution is -2.18. The number of rotatable bonds is 5. The van der Waals surface area contributed by atoms with E-state index in [1.807, 2.05) is 6.07 Å².